The standard InChI is InChI=1S/C16H14BrN3O5/c1-24-15-8-12(17)4-7-14(15)25-10-16(21)19-18-9-11-2-5-13(6-3-11)20(22)23/h2-9H,10H2,1H3,(H,19,21). The molecular formula is C16H14BrN3O5. The normalized spacial score (nSPS) is 10.5. The topological polar surface area (TPSA) is 103 Å². The fraction of sp³-hybridized carbons (Fsp3) is 0.125. The van der Waals surface area contributed by atoms with Gasteiger partial charge in [-0.25, -0.2) is 5.43 Å². The van der Waals surface area contributed by atoms with Crippen molar-refractivity contribution >= 4 is 33.7 Å². The molecule has 0 aliphatic heterocycles. The molecule has 0 aliphatic rings. The number of ether oxygens (including phenoxy) is 2. The van der Waals surface area contributed by atoms with Crippen LogP contribution < -0.4 is 14.9 Å². The van der Waals surface area contributed by atoms with Crippen LogP contribution in [-0.2, 0) is 4.79 Å². The van der Waals surface area contributed by atoms with Crippen LogP contribution in [0.25, 0.3) is 0 Å². The van der Waals surface area contributed by atoms with Crippen LogP contribution in [0.2, 0.25) is 0 Å². The summed E-state index contributed by atoms with van der Waals surface area (Å²) in [6.45, 7) is -0.240. The van der Waals surface area contributed by atoms with Crippen molar-refractivity contribution in [2.24, 2.45) is 5.10 Å². The third-order valence-corrected chi connectivity index (χ3v) is 3.48. The molecule has 0 aliphatic carbocycles. The second-order valence-electron chi connectivity index (χ2n) is 4.73. The van der Waals surface area contributed by atoms with Gasteiger partial charge in [-0.3, -0.25) is 14.9 Å². The predicted molar refractivity (Wildman–Crippen MR) is 95.0 cm³/mol. The summed E-state index contributed by atoms with van der Waals surface area (Å²) in [4.78, 5) is 21.8. The minimum Gasteiger partial charge on any atom is -0.493 e. The third kappa shape index (κ3) is 5.57. The molecule has 0 atom stereocenters. The number of nitrogens with one attached hydrogen (secondary N) is 1. The fourth-order valence-electron chi connectivity index (χ4n) is 1.80. The molecule has 1 N–H and O–H groups in total. The summed E-state index contributed by atoms with van der Waals surface area (Å²) in [5, 5.41) is 14.3. The van der Waals surface area contributed by atoms with Gasteiger partial charge in [-0.2, -0.15) is 5.10 Å². The van der Waals surface area contributed by atoms with Gasteiger partial charge in [0.25, 0.3) is 11.6 Å². The van der Waals surface area contributed by atoms with Gasteiger partial charge in [0.1, 0.15) is 0 Å². The molecule has 9 heteroatoms. The molecule has 0 radical (unpaired) electrons. The Bertz CT molecular complexity index is 793. The number of hydrogen-bond acceptors (Lipinski definition) is 6. The molecule has 0 unspecified atom stereocenters. The average molecular weight is 408 g/mol. The molecule has 1 amide bonds. The highest BCUT2D eigenvalue weighted by Crippen LogP contribution is 2.29. The summed E-state index contributed by atoms with van der Waals surface area (Å²) in [5.74, 6) is 0.472. The number of methoxy groups -OCH3 is 1. The number of halogens is 1. The van der Waals surface area contributed by atoms with E-state index in [1.54, 1.807) is 18.2 Å². The Morgan fingerprint density at radius 1 is 1.28 bits per heavy atom. The Morgan fingerprint density at radius 2 is 2.00 bits per heavy atom. The van der Waals surface area contributed by atoms with E-state index in [4.69, 9.17) is 9.47 Å². The third-order valence-electron chi connectivity index (χ3n) is 2.99. The van der Waals surface area contributed by atoms with E-state index < -0.39 is 10.8 Å². The minimum atomic E-state index is -0.490. The van der Waals surface area contributed by atoms with Gasteiger partial charge in [0.15, 0.2) is 18.1 Å². The summed E-state index contributed by atoms with van der Waals surface area (Å²) >= 11 is 3.31. The number of carbonyl (C=O) groups is 1. The molecule has 25 heavy (non-hydrogen) atoms. The van der Waals surface area contributed by atoms with E-state index in [0.717, 1.165) is 4.47 Å². The van der Waals surface area contributed by atoms with Crippen molar-refractivity contribution in [3.05, 3.63) is 62.6 Å². The van der Waals surface area contributed by atoms with Crippen LogP contribution in [0.1, 0.15) is 5.56 Å². The molecule has 8 nitrogen and oxygen atoms in total. The maximum Gasteiger partial charge on any atom is 0.277 e. The van der Waals surface area contributed by atoms with Crippen LogP contribution in [0, 0.1) is 10.1 Å². The zero-order valence-electron chi connectivity index (χ0n) is 13.1. The molecule has 2 aromatic carbocycles. The quantitative estimate of drug-likeness (QED) is 0.431. The number of hydrazone groups is 1. The monoisotopic (exact) mass is 407 g/mol. The zero-order chi connectivity index (χ0) is 18.2. The van der Waals surface area contributed by atoms with Crippen molar-refractivity contribution in [3.63, 3.8) is 0 Å². The predicted octanol–water partition coefficient (Wildman–Crippen LogP) is 2.90. The first-order valence-corrected chi connectivity index (χ1v) is 7.81. The summed E-state index contributed by atoms with van der Waals surface area (Å²) < 4.78 is 11.4. The first-order chi connectivity index (χ1) is 12.0. The van der Waals surface area contributed by atoms with Crippen molar-refractivity contribution in [1.29, 1.82) is 0 Å². The first kappa shape index (κ1) is 18.4. The molecule has 130 valence electrons. The minimum absolute atomic E-state index is 0.0157. The van der Waals surface area contributed by atoms with Gasteiger partial charge in [-0.05, 0) is 35.9 Å². The summed E-state index contributed by atoms with van der Waals surface area (Å²) in [7, 11) is 1.50. The van der Waals surface area contributed by atoms with Gasteiger partial charge in [0, 0.05) is 16.6 Å². The molecule has 0 bridgehead atoms. The van der Waals surface area contributed by atoms with Gasteiger partial charge in [-0.15, -0.1) is 0 Å². The van der Waals surface area contributed by atoms with Crippen LogP contribution >= 0.6 is 15.9 Å². The number of hydrogen-bond donors (Lipinski definition) is 1. The number of non-ortho nitro benzene ring substituents is 1. The number of benzene rings is 2. The van der Waals surface area contributed by atoms with Crippen LogP contribution in [0.5, 0.6) is 11.5 Å². The van der Waals surface area contributed by atoms with Crippen molar-refractivity contribution in [2.75, 3.05) is 13.7 Å². The fourth-order valence-corrected chi connectivity index (χ4v) is 2.14. The second kappa shape index (κ2) is 8.78. The SMILES string of the molecule is COc1cc(Br)ccc1OCC(=O)NN=Cc1ccc([N+](=O)[O-])cc1. The maximum absolute atomic E-state index is 11.7. The molecule has 0 saturated heterocycles. The van der Waals surface area contributed by atoms with Gasteiger partial charge in [-0.1, -0.05) is 15.9 Å². The molecular weight excluding hydrogens is 394 g/mol. The van der Waals surface area contributed by atoms with Crippen molar-refractivity contribution < 1.29 is 19.2 Å². The van der Waals surface area contributed by atoms with Crippen molar-refractivity contribution in [1.82, 2.24) is 5.43 Å². The Hall–Kier alpha value is -2.94. The second-order valence-corrected chi connectivity index (χ2v) is 5.64. The molecule has 0 aromatic heterocycles. The van der Waals surface area contributed by atoms with E-state index in [2.05, 4.69) is 26.5 Å². The van der Waals surface area contributed by atoms with E-state index >= 15 is 0 Å². The Morgan fingerprint density at radius 3 is 2.64 bits per heavy atom. The number of nitrogens with zero attached hydrogens (tertiary/aromatic N) is 2. The van der Waals surface area contributed by atoms with E-state index in [1.807, 2.05) is 0 Å². The molecule has 0 spiro atoms. The van der Waals surface area contributed by atoms with Crippen LogP contribution in [0.4, 0.5) is 5.69 Å². The highest BCUT2D eigenvalue weighted by molar-refractivity contribution is 9.10. The van der Waals surface area contributed by atoms with Crippen molar-refractivity contribution in [2.45, 2.75) is 0 Å². The lowest BCUT2D eigenvalue weighted by Gasteiger charge is -2.10. The van der Waals surface area contributed by atoms with Gasteiger partial charge in [0.2, 0.25) is 0 Å². The Kier molecular flexibility index (Phi) is 6.47. The molecule has 0 fully saturated rings. The molecule has 2 aromatic rings. The molecule has 2 rings (SSSR count). The molecule has 0 saturated carbocycles. The van der Waals surface area contributed by atoms with Crippen LogP contribution in [-0.4, -0.2) is 30.8 Å². The summed E-state index contributed by atoms with van der Waals surface area (Å²) in [5.41, 5.74) is 2.91. The van der Waals surface area contributed by atoms with Gasteiger partial charge < -0.3 is 9.47 Å². The lowest BCUT2D eigenvalue weighted by molar-refractivity contribution is -0.384. The van der Waals surface area contributed by atoms with Crippen LogP contribution in [0.15, 0.2) is 52.0 Å². The largest absolute Gasteiger partial charge is 0.493 e. The highest BCUT2D eigenvalue weighted by Gasteiger charge is 2.07. The van der Waals surface area contributed by atoms with Gasteiger partial charge >= 0.3 is 0 Å². The van der Waals surface area contributed by atoms with Crippen molar-refractivity contribution in [3.8, 4) is 11.5 Å². The van der Waals surface area contributed by atoms with E-state index in [1.165, 1.54) is 37.6 Å². The Labute approximate surface area is 151 Å². The Balaban J connectivity index is 1.85. The lowest BCUT2D eigenvalue weighted by atomic mass is 10.2. The number of nitro groups is 1. The van der Waals surface area contributed by atoms with E-state index in [9.17, 15) is 14.9 Å². The highest BCUT2D eigenvalue weighted by atomic mass is 79.9. The maximum atomic E-state index is 11.7. The number of amides is 1. The molecule has 0 heterocycles. The summed E-state index contributed by atoms with van der Waals surface area (Å²) in [6, 6.07) is 10.9. The van der Waals surface area contributed by atoms with Gasteiger partial charge in [0.05, 0.1) is 18.2 Å². The smallest absolute Gasteiger partial charge is 0.277 e. The first-order valence-electron chi connectivity index (χ1n) is 7.02. The zero-order valence-corrected chi connectivity index (χ0v) is 14.7. The average Bonchev–Trinajstić information content (AvgIpc) is 2.61. The number of carbonyl (C=O) groups excluding carboxylic acids is 1. The number of nitro benzene ring substituents is 1. The van der Waals surface area contributed by atoms with E-state index in [0.29, 0.717) is 17.1 Å². The van der Waals surface area contributed by atoms with E-state index in [-0.39, 0.29) is 12.3 Å². The summed E-state index contributed by atoms with van der Waals surface area (Å²) in [6.07, 6.45) is 1.38. The van der Waals surface area contributed by atoms with Crippen LogP contribution in [0.3, 0.4) is 0 Å². The number of rotatable bonds is 7. The lowest BCUT2D eigenvalue weighted by Crippen LogP contribution is -2.24.